The van der Waals surface area contributed by atoms with E-state index in [1.54, 1.807) is 0 Å². The van der Waals surface area contributed by atoms with Crippen molar-refractivity contribution < 1.29 is 5.11 Å². The van der Waals surface area contributed by atoms with Crippen molar-refractivity contribution in [1.29, 1.82) is 0 Å². The highest BCUT2D eigenvalue weighted by atomic mass is 16.3. The second-order valence-corrected chi connectivity index (χ2v) is 5.43. The molecule has 0 heterocycles. The topological polar surface area (TPSA) is 49.5 Å². The minimum absolute atomic E-state index is 0.197. The molecule has 0 amide bonds. The van der Waals surface area contributed by atoms with Crippen LogP contribution in [0.3, 0.4) is 0 Å². The molecule has 16 heavy (non-hydrogen) atoms. The predicted molar refractivity (Wildman–Crippen MR) is 70.5 cm³/mol. The van der Waals surface area contributed by atoms with Gasteiger partial charge in [0.2, 0.25) is 0 Å². The number of aliphatic hydroxyl groups excluding tert-OH is 1. The summed E-state index contributed by atoms with van der Waals surface area (Å²) in [7, 11) is 0. The number of hydrogen-bond donors (Lipinski definition) is 2. The Labute approximate surface area is 101 Å². The van der Waals surface area contributed by atoms with E-state index in [9.17, 15) is 5.11 Å². The lowest BCUT2D eigenvalue weighted by Crippen LogP contribution is -2.32. The van der Waals surface area contributed by atoms with Gasteiger partial charge in [-0.15, -0.1) is 0 Å². The maximum Gasteiger partial charge on any atom is 0.0524 e. The third-order valence-corrected chi connectivity index (χ3v) is 2.79. The number of rotatable bonds is 9. The van der Waals surface area contributed by atoms with Gasteiger partial charge in [-0.1, -0.05) is 13.8 Å². The summed E-state index contributed by atoms with van der Waals surface area (Å²) >= 11 is 0. The van der Waals surface area contributed by atoms with Gasteiger partial charge in [0.25, 0.3) is 0 Å². The zero-order valence-electron chi connectivity index (χ0n) is 11.4. The summed E-state index contributed by atoms with van der Waals surface area (Å²) in [6.45, 7) is 11.6. The summed E-state index contributed by atoms with van der Waals surface area (Å²) in [4.78, 5) is 2.43. The molecule has 3 N–H and O–H groups in total. The first-order chi connectivity index (χ1) is 7.41. The molecule has 0 aliphatic heterocycles. The van der Waals surface area contributed by atoms with E-state index >= 15 is 0 Å². The van der Waals surface area contributed by atoms with Crippen LogP contribution >= 0.6 is 0 Å². The third-order valence-electron chi connectivity index (χ3n) is 2.79. The van der Waals surface area contributed by atoms with E-state index in [0.717, 1.165) is 38.4 Å². The summed E-state index contributed by atoms with van der Waals surface area (Å²) in [5, 5.41) is 9.30. The Morgan fingerprint density at radius 1 is 0.938 bits per heavy atom. The Morgan fingerprint density at radius 2 is 1.44 bits per heavy atom. The highest BCUT2D eigenvalue weighted by Crippen LogP contribution is 2.05. The van der Waals surface area contributed by atoms with Crippen molar-refractivity contribution in [1.82, 2.24) is 4.90 Å². The van der Waals surface area contributed by atoms with Crippen LogP contribution in [-0.2, 0) is 0 Å². The first-order valence-corrected chi connectivity index (χ1v) is 6.57. The molecule has 0 spiro atoms. The third kappa shape index (κ3) is 10.4. The van der Waals surface area contributed by atoms with Crippen LogP contribution in [0.25, 0.3) is 0 Å². The zero-order valence-corrected chi connectivity index (χ0v) is 11.4. The molecule has 0 aliphatic rings. The van der Waals surface area contributed by atoms with Gasteiger partial charge in [-0.25, -0.2) is 0 Å². The Hall–Kier alpha value is -0.120. The maximum atomic E-state index is 9.30. The van der Waals surface area contributed by atoms with Gasteiger partial charge < -0.3 is 15.7 Å². The van der Waals surface area contributed by atoms with Crippen LogP contribution in [-0.4, -0.2) is 41.8 Å². The molecule has 0 aromatic carbocycles. The molecule has 0 radical (unpaired) electrons. The Balaban J connectivity index is 3.85. The Bertz CT molecular complexity index is 129. The predicted octanol–water partition coefficient (Wildman–Crippen LogP) is 1.84. The number of hydrogen-bond acceptors (Lipinski definition) is 3. The Kier molecular flexibility index (Phi) is 8.90. The van der Waals surface area contributed by atoms with Crippen LogP contribution in [0, 0.1) is 5.92 Å². The summed E-state index contributed by atoms with van der Waals surface area (Å²) in [6.07, 6.45) is 2.92. The second-order valence-electron chi connectivity index (χ2n) is 5.43. The lowest BCUT2D eigenvalue weighted by molar-refractivity contribution is 0.152. The van der Waals surface area contributed by atoms with Crippen molar-refractivity contribution in [2.24, 2.45) is 11.7 Å². The standard InChI is InChI=1S/C13H30N2O/c1-11(2)5-8-15(9-6-12(3)14)10-7-13(4)16/h11-13,16H,5-10,14H2,1-4H3. The largest absolute Gasteiger partial charge is 0.393 e. The lowest BCUT2D eigenvalue weighted by Gasteiger charge is -2.24. The van der Waals surface area contributed by atoms with Gasteiger partial charge in [0.15, 0.2) is 0 Å². The maximum absolute atomic E-state index is 9.30. The first kappa shape index (κ1) is 15.9. The average Bonchev–Trinajstić information content (AvgIpc) is 2.15. The monoisotopic (exact) mass is 230 g/mol. The molecule has 3 nitrogen and oxygen atoms in total. The zero-order chi connectivity index (χ0) is 12.6. The molecule has 0 aliphatic carbocycles. The molecule has 0 aromatic rings. The van der Waals surface area contributed by atoms with E-state index in [2.05, 4.69) is 25.7 Å². The minimum atomic E-state index is -0.197. The smallest absolute Gasteiger partial charge is 0.0524 e. The summed E-state index contributed by atoms with van der Waals surface area (Å²) < 4.78 is 0. The highest BCUT2D eigenvalue weighted by Gasteiger charge is 2.08. The molecule has 0 rings (SSSR count). The molecule has 98 valence electrons. The average molecular weight is 230 g/mol. The fraction of sp³-hybridized carbons (Fsp3) is 1.00. The minimum Gasteiger partial charge on any atom is -0.393 e. The van der Waals surface area contributed by atoms with Gasteiger partial charge in [-0.2, -0.15) is 0 Å². The van der Waals surface area contributed by atoms with Crippen molar-refractivity contribution in [3.8, 4) is 0 Å². The van der Waals surface area contributed by atoms with Gasteiger partial charge in [0, 0.05) is 12.6 Å². The molecule has 2 atom stereocenters. The van der Waals surface area contributed by atoms with Gasteiger partial charge in [0.05, 0.1) is 6.10 Å². The lowest BCUT2D eigenvalue weighted by atomic mass is 10.1. The fourth-order valence-electron chi connectivity index (χ4n) is 1.53. The summed E-state index contributed by atoms with van der Waals surface area (Å²) in [5.74, 6) is 0.740. The molecule has 0 aromatic heterocycles. The first-order valence-electron chi connectivity index (χ1n) is 6.57. The molecule has 0 saturated heterocycles. The van der Waals surface area contributed by atoms with E-state index in [0.29, 0.717) is 0 Å². The fourth-order valence-corrected chi connectivity index (χ4v) is 1.53. The van der Waals surface area contributed by atoms with Gasteiger partial charge in [0.1, 0.15) is 0 Å². The second kappa shape index (κ2) is 8.97. The van der Waals surface area contributed by atoms with Crippen LogP contribution in [0.15, 0.2) is 0 Å². The van der Waals surface area contributed by atoms with Crippen LogP contribution in [0.4, 0.5) is 0 Å². The van der Waals surface area contributed by atoms with E-state index in [-0.39, 0.29) is 12.1 Å². The van der Waals surface area contributed by atoms with Gasteiger partial charge in [-0.3, -0.25) is 0 Å². The quantitative estimate of drug-likeness (QED) is 0.635. The van der Waals surface area contributed by atoms with Crippen LogP contribution in [0.2, 0.25) is 0 Å². The van der Waals surface area contributed by atoms with E-state index in [4.69, 9.17) is 5.73 Å². The van der Waals surface area contributed by atoms with E-state index in [1.807, 2.05) is 6.92 Å². The van der Waals surface area contributed by atoms with Crippen molar-refractivity contribution in [2.45, 2.75) is 59.1 Å². The Morgan fingerprint density at radius 3 is 1.88 bits per heavy atom. The summed E-state index contributed by atoms with van der Waals surface area (Å²) in [6, 6.07) is 0.271. The van der Waals surface area contributed by atoms with E-state index < -0.39 is 0 Å². The molecule has 3 heteroatoms. The van der Waals surface area contributed by atoms with Crippen molar-refractivity contribution in [2.75, 3.05) is 19.6 Å². The van der Waals surface area contributed by atoms with E-state index in [1.165, 1.54) is 6.42 Å². The molecule has 0 bridgehead atoms. The number of nitrogens with zero attached hydrogens (tertiary/aromatic N) is 1. The molecule has 0 fully saturated rings. The van der Waals surface area contributed by atoms with Crippen molar-refractivity contribution in [3.05, 3.63) is 0 Å². The molecule has 0 saturated carbocycles. The van der Waals surface area contributed by atoms with Crippen LogP contribution in [0.5, 0.6) is 0 Å². The molecule has 2 unspecified atom stereocenters. The van der Waals surface area contributed by atoms with Gasteiger partial charge >= 0.3 is 0 Å². The highest BCUT2D eigenvalue weighted by molar-refractivity contribution is 4.64. The number of nitrogens with two attached hydrogens (primary N) is 1. The SMILES string of the molecule is CC(C)CCN(CCC(C)N)CCC(C)O. The normalized spacial score (nSPS) is 15.8. The van der Waals surface area contributed by atoms with Crippen molar-refractivity contribution >= 4 is 0 Å². The number of aliphatic hydroxyl groups is 1. The van der Waals surface area contributed by atoms with Crippen LogP contribution in [0.1, 0.15) is 47.0 Å². The summed E-state index contributed by atoms with van der Waals surface area (Å²) in [5.41, 5.74) is 5.78. The van der Waals surface area contributed by atoms with Gasteiger partial charge in [-0.05, 0) is 52.1 Å². The van der Waals surface area contributed by atoms with Crippen LogP contribution < -0.4 is 5.73 Å². The van der Waals surface area contributed by atoms with Crippen molar-refractivity contribution in [3.63, 3.8) is 0 Å². The molecular formula is C13H30N2O. The molecular weight excluding hydrogens is 200 g/mol.